The summed E-state index contributed by atoms with van der Waals surface area (Å²) < 4.78 is 13.6. The number of thiazole rings is 1. The van der Waals surface area contributed by atoms with E-state index in [0.29, 0.717) is 13.0 Å². The zero-order chi connectivity index (χ0) is 15.2. The quantitative estimate of drug-likeness (QED) is 0.790. The molecule has 0 atom stereocenters. The predicted molar refractivity (Wildman–Crippen MR) is 76.2 cm³/mol. The minimum atomic E-state index is -1.31. The number of urea groups is 1. The first-order chi connectivity index (χ1) is 10.1. The first-order valence-electron chi connectivity index (χ1n) is 6.03. The van der Waals surface area contributed by atoms with Crippen LogP contribution in [0.15, 0.2) is 29.8 Å². The van der Waals surface area contributed by atoms with Crippen molar-refractivity contribution in [1.82, 2.24) is 10.3 Å². The number of nitrogens with one attached hydrogen (secondary N) is 2. The van der Waals surface area contributed by atoms with Gasteiger partial charge in [0, 0.05) is 24.5 Å². The SMILES string of the molecule is O=C(NCCc1nccs1)Nc1c(F)cccc1C(=O)O. The second kappa shape index (κ2) is 6.80. The van der Waals surface area contributed by atoms with Crippen LogP contribution in [0.25, 0.3) is 0 Å². The van der Waals surface area contributed by atoms with E-state index in [1.807, 2.05) is 5.38 Å². The van der Waals surface area contributed by atoms with Gasteiger partial charge in [-0.2, -0.15) is 0 Å². The monoisotopic (exact) mass is 309 g/mol. The van der Waals surface area contributed by atoms with Gasteiger partial charge >= 0.3 is 12.0 Å². The smallest absolute Gasteiger partial charge is 0.337 e. The third-order valence-electron chi connectivity index (χ3n) is 2.59. The molecule has 110 valence electrons. The van der Waals surface area contributed by atoms with Crippen LogP contribution in [0.1, 0.15) is 15.4 Å². The fourth-order valence-corrected chi connectivity index (χ4v) is 2.27. The highest BCUT2D eigenvalue weighted by Crippen LogP contribution is 2.19. The Morgan fingerprint density at radius 1 is 1.38 bits per heavy atom. The lowest BCUT2D eigenvalue weighted by Crippen LogP contribution is -2.31. The minimum Gasteiger partial charge on any atom is -0.478 e. The standard InChI is InChI=1S/C13H12FN3O3S/c14-9-3-1-2-8(12(18)19)11(9)17-13(20)16-5-4-10-15-6-7-21-10/h1-3,6-7H,4-5H2,(H,18,19)(H2,16,17,20). The van der Waals surface area contributed by atoms with Crippen LogP contribution >= 0.6 is 11.3 Å². The Bertz CT molecular complexity index is 646. The van der Waals surface area contributed by atoms with Gasteiger partial charge in [0.05, 0.1) is 16.3 Å². The molecule has 0 aliphatic heterocycles. The largest absolute Gasteiger partial charge is 0.478 e. The molecule has 0 saturated heterocycles. The summed E-state index contributed by atoms with van der Waals surface area (Å²) in [5.74, 6) is -2.11. The molecule has 3 N–H and O–H groups in total. The van der Waals surface area contributed by atoms with Gasteiger partial charge in [0.25, 0.3) is 0 Å². The van der Waals surface area contributed by atoms with Crippen molar-refractivity contribution in [2.24, 2.45) is 0 Å². The minimum absolute atomic E-state index is 0.301. The van der Waals surface area contributed by atoms with Gasteiger partial charge in [0.2, 0.25) is 0 Å². The lowest BCUT2D eigenvalue weighted by molar-refractivity contribution is 0.0697. The predicted octanol–water partition coefficient (Wildman–Crippen LogP) is 2.34. The van der Waals surface area contributed by atoms with Crippen molar-refractivity contribution in [2.75, 3.05) is 11.9 Å². The maximum Gasteiger partial charge on any atom is 0.337 e. The fraction of sp³-hybridized carbons (Fsp3) is 0.154. The molecule has 8 heteroatoms. The van der Waals surface area contributed by atoms with Crippen molar-refractivity contribution in [3.05, 3.63) is 46.2 Å². The van der Waals surface area contributed by atoms with Gasteiger partial charge in [-0.3, -0.25) is 0 Å². The zero-order valence-corrected chi connectivity index (χ0v) is 11.6. The van der Waals surface area contributed by atoms with E-state index in [2.05, 4.69) is 15.6 Å². The molecular weight excluding hydrogens is 297 g/mol. The number of amides is 2. The molecule has 2 amide bonds. The van der Waals surface area contributed by atoms with E-state index in [4.69, 9.17) is 5.11 Å². The molecule has 0 aliphatic carbocycles. The highest BCUT2D eigenvalue weighted by atomic mass is 32.1. The number of carboxylic acid groups (broad SMARTS) is 1. The van der Waals surface area contributed by atoms with Gasteiger partial charge in [0.15, 0.2) is 0 Å². The lowest BCUT2D eigenvalue weighted by atomic mass is 10.1. The number of para-hydroxylation sites is 1. The van der Waals surface area contributed by atoms with Crippen molar-refractivity contribution >= 4 is 29.0 Å². The van der Waals surface area contributed by atoms with Gasteiger partial charge in [-0.25, -0.2) is 19.0 Å². The molecule has 21 heavy (non-hydrogen) atoms. The number of carbonyl (C=O) groups is 2. The molecule has 0 saturated carbocycles. The zero-order valence-electron chi connectivity index (χ0n) is 10.8. The number of aromatic carboxylic acids is 1. The lowest BCUT2D eigenvalue weighted by Gasteiger charge is -2.10. The Kier molecular flexibility index (Phi) is 4.83. The van der Waals surface area contributed by atoms with Crippen molar-refractivity contribution in [1.29, 1.82) is 0 Å². The number of carbonyl (C=O) groups excluding carboxylic acids is 1. The van der Waals surface area contributed by atoms with Gasteiger partial charge in [-0.15, -0.1) is 11.3 Å². The van der Waals surface area contributed by atoms with Crippen molar-refractivity contribution in [3.8, 4) is 0 Å². The van der Waals surface area contributed by atoms with Crippen LogP contribution < -0.4 is 10.6 Å². The number of anilines is 1. The fourth-order valence-electron chi connectivity index (χ4n) is 1.65. The van der Waals surface area contributed by atoms with Crippen LogP contribution in [0.2, 0.25) is 0 Å². The number of hydrogen-bond donors (Lipinski definition) is 3. The Balaban J connectivity index is 1.95. The molecule has 1 aromatic heterocycles. The first-order valence-corrected chi connectivity index (χ1v) is 6.91. The molecule has 0 aliphatic rings. The number of benzene rings is 1. The average molecular weight is 309 g/mol. The molecule has 0 unspecified atom stereocenters. The Hall–Kier alpha value is -2.48. The first kappa shape index (κ1) is 14.9. The third kappa shape index (κ3) is 3.99. The van der Waals surface area contributed by atoms with Crippen LogP contribution in [-0.4, -0.2) is 28.6 Å². The van der Waals surface area contributed by atoms with E-state index in [9.17, 15) is 14.0 Å². The maximum absolute atomic E-state index is 13.6. The molecule has 0 spiro atoms. The van der Waals surface area contributed by atoms with Crippen molar-refractivity contribution in [2.45, 2.75) is 6.42 Å². The van der Waals surface area contributed by atoms with Crippen LogP contribution in [0, 0.1) is 5.82 Å². The van der Waals surface area contributed by atoms with E-state index >= 15 is 0 Å². The van der Waals surface area contributed by atoms with E-state index in [1.165, 1.54) is 23.5 Å². The Morgan fingerprint density at radius 2 is 2.19 bits per heavy atom. The summed E-state index contributed by atoms with van der Waals surface area (Å²) >= 11 is 1.47. The van der Waals surface area contributed by atoms with Crippen molar-refractivity contribution in [3.63, 3.8) is 0 Å². The van der Waals surface area contributed by atoms with E-state index in [1.54, 1.807) is 6.20 Å². The molecule has 1 aromatic carbocycles. The highest BCUT2D eigenvalue weighted by molar-refractivity contribution is 7.09. The summed E-state index contributed by atoms with van der Waals surface area (Å²) in [6.07, 6.45) is 2.21. The summed E-state index contributed by atoms with van der Waals surface area (Å²) in [6.45, 7) is 0.316. The topological polar surface area (TPSA) is 91.3 Å². The Labute approximate surface area is 123 Å². The summed E-state index contributed by atoms with van der Waals surface area (Å²) in [7, 11) is 0. The van der Waals surface area contributed by atoms with Crippen LogP contribution in [0.5, 0.6) is 0 Å². The second-order valence-electron chi connectivity index (χ2n) is 4.02. The second-order valence-corrected chi connectivity index (χ2v) is 5.00. The van der Waals surface area contributed by atoms with Gasteiger partial charge in [-0.05, 0) is 12.1 Å². The molecule has 2 rings (SSSR count). The number of hydrogen-bond acceptors (Lipinski definition) is 4. The number of rotatable bonds is 5. The van der Waals surface area contributed by atoms with Gasteiger partial charge < -0.3 is 15.7 Å². The number of halogens is 1. The van der Waals surface area contributed by atoms with Crippen LogP contribution in [-0.2, 0) is 6.42 Å². The van der Waals surface area contributed by atoms with Crippen LogP contribution in [0.3, 0.4) is 0 Å². The summed E-state index contributed by atoms with van der Waals surface area (Å²) in [5, 5.41) is 16.4. The molecule has 2 aromatic rings. The summed E-state index contributed by atoms with van der Waals surface area (Å²) in [5.41, 5.74) is -0.651. The average Bonchev–Trinajstić information content (AvgIpc) is 2.94. The number of nitrogens with zero attached hydrogens (tertiary/aromatic N) is 1. The third-order valence-corrected chi connectivity index (χ3v) is 3.43. The number of aromatic nitrogens is 1. The van der Waals surface area contributed by atoms with E-state index in [0.717, 1.165) is 11.1 Å². The summed E-state index contributed by atoms with van der Waals surface area (Å²) in [6, 6.07) is 2.90. The molecule has 0 fully saturated rings. The molecular formula is C13H12FN3O3S. The van der Waals surface area contributed by atoms with Gasteiger partial charge in [-0.1, -0.05) is 6.07 Å². The maximum atomic E-state index is 13.6. The molecule has 6 nitrogen and oxygen atoms in total. The normalized spacial score (nSPS) is 10.1. The number of carboxylic acids is 1. The Morgan fingerprint density at radius 3 is 2.86 bits per heavy atom. The molecule has 1 heterocycles. The van der Waals surface area contributed by atoms with E-state index in [-0.39, 0.29) is 11.3 Å². The van der Waals surface area contributed by atoms with Crippen molar-refractivity contribution < 1.29 is 19.1 Å². The highest BCUT2D eigenvalue weighted by Gasteiger charge is 2.16. The molecule has 0 radical (unpaired) electrons. The van der Waals surface area contributed by atoms with Gasteiger partial charge in [0.1, 0.15) is 5.82 Å². The van der Waals surface area contributed by atoms with Crippen LogP contribution in [0.4, 0.5) is 14.9 Å². The van der Waals surface area contributed by atoms with E-state index < -0.39 is 17.8 Å². The molecule has 0 bridgehead atoms. The summed E-state index contributed by atoms with van der Waals surface area (Å²) in [4.78, 5) is 26.7.